The number of aliphatic carboxylic acids is 1. The van der Waals surface area contributed by atoms with Crippen molar-refractivity contribution in [3.05, 3.63) is 71.2 Å². The Morgan fingerprint density at radius 3 is 2.34 bits per heavy atom. The van der Waals surface area contributed by atoms with Crippen LogP contribution in [0.2, 0.25) is 0 Å². The van der Waals surface area contributed by atoms with Gasteiger partial charge in [-0.2, -0.15) is 18.3 Å². The molecule has 0 bridgehead atoms. The molecule has 0 spiro atoms. The number of anilines is 1. The Bertz CT molecular complexity index is 1330. The third kappa shape index (κ3) is 7.45. The number of amides is 1. The number of alkyl halides is 3. The Morgan fingerprint density at radius 2 is 1.78 bits per heavy atom. The molecular weight excluding hydrogens is 535 g/mol. The van der Waals surface area contributed by atoms with E-state index in [4.69, 9.17) is 10.2 Å². The summed E-state index contributed by atoms with van der Waals surface area (Å²) in [5.74, 6) is -0.522. The molecule has 2 aromatic heterocycles. The lowest BCUT2D eigenvalue weighted by Gasteiger charge is -2.32. The van der Waals surface area contributed by atoms with E-state index in [2.05, 4.69) is 10.3 Å². The topological polar surface area (TPSA) is 100 Å². The molecule has 0 radical (unpaired) electrons. The van der Waals surface area contributed by atoms with Crippen LogP contribution < -0.4 is 5.32 Å². The third-order valence-corrected chi connectivity index (χ3v) is 7.55. The quantitative estimate of drug-likeness (QED) is 0.281. The molecule has 1 fully saturated rings. The van der Waals surface area contributed by atoms with Crippen LogP contribution in [0, 0.1) is 5.92 Å². The number of benzene rings is 1. The van der Waals surface area contributed by atoms with Crippen molar-refractivity contribution in [3.8, 4) is 5.82 Å². The predicted molar refractivity (Wildman–Crippen MR) is 149 cm³/mol. The number of halogens is 3. The van der Waals surface area contributed by atoms with E-state index in [-0.39, 0.29) is 30.8 Å². The molecule has 0 aliphatic heterocycles. The Hall–Kier alpha value is -3.89. The second-order valence-corrected chi connectivity index (χ2v) is 10.9. The molecular formula is C30H36F3N5O3. The van der Waals surface area contributed by atoms with Gasteiger partial charge in [-0.15, -0.1) is 0 Å². The van der Waals surface area contributed by atoms with Crippen LogP contribution in [-0.2, 0) is 11.0 Å². The van der Waals surface area contributed by atoms with Gasteiger partial charge in [-0.25, -0.2) is 9.67 Å². The number of nitrogens with one attached hydrogen (secondary N) is 1. The van der Waals surface area contributed by atoms with Gasteiger partial charge in [0.2, 0.25) is 0 Å². The van der Waals surface area contributed by atoms with Crippen molar-refractivity contribution < 1.29 is 27.9 Å². The molecule has 4 rings (SSSR count). The summed E-state index contributed by atoms with van der Waals surface area (Å²) in [6.07, 6.45) is 3.58. The lowest BCUT2D eigenvalue weighted by molar-refractivity contribution is -0.138. The molecule has 41 heavy (non-hydrogen) atoms. The molecule has 11 heteroatoms. The molecule has 1 saturated carbocycles. The predicted octanol–water partition coefficient (Wildman–Crippen LogP) is 6.69. The summed E-state index contributed by atoms with van der Waals surface area (Å²) in [7, 11) is 1.58. The summed E-state index contributed by atoms with van der Waals surface area (Å²) in [5, 5.41) is 17.3. The van der Waals surface area contributed by atoms with Gasteiger partial charge in [0.15, 0.2) is 5.82 Å². The first-order valence-electron chi connectivity index (χ1n) is 13.9. The average Bonchev–Trinajstić information content (AvgIpc) is 3.40. The SMILES string of the molecule is CC(C)c1nn(-c2ccc(C(F)(F)F)cn2)cc1C(Nc1ccc(C(=O)N(C)CCC(=O)O)cc1)C1CCCCC1. The summed E-state index contributed by atoms with van der Waals surface area (Å²) in [4.78, 5) is 29.0. The van der Waals surface area contributed by atoms with E-state index in [9.17, 15) is 22.8 Å². The molecule has 2 N–H and O–H groups in total. The smallest absolute Gasteiger partial charge is 0.417 e. The van der Waals surface area contributed by atoms with E-state index >= 15 is 0 Å². The van der Waals surface area contributed by atoms with Crippen molar-refractivity contribution >= 4 is 17.6 Å². The van der Waals surface area contributed by atoms with Crippen molar-refractivity contribution in [2.45, 2.75) is 70.5 Å². The lowest BCUT2D eigenvalue weighted by Crippen LogP contribution is -2.29. The van der Waals surface area contributed by atoms with Crippen molar-refractivity contribution in [1.82, 2.24) is 19.7 Å². The number of pyridine rings is 1. The first-order chi connectivity index (χ1) is 19.4. The minimum Gasteiger partial charge on any atom is -0.481 e. The van der Waals surface area contributed by atoms with E-state index in [1.54, 1.807) is 23.9 Å². The number of carbonyl (C=O) groups excluding carboxylic acids is 1. The van der Waals surface area contributed by atoms with Gasteiger partial charge in [0.1, 0.15) is 0 Å². The Morgan fingerprint density at radius 1 is 1.10 bits per heavy atom. The molecule has 1 aliphatic rings. The van der Waals surface area contributed by atoms with E-state index in [0.29, 0.717) is 17.3 Å². The zero-order valence-electron chi connectivity index (χ0n) is 23.5. The van der Waals surface area contributed by atoms with Gasteiger partial charge in [-0.3, -0.25) is 9.59 Å². The van der Waals surface area contributed by atoms with Gasteiger partial charge < -0.3 is 15.3 Å². The van der Waals surface area contributed by atoms with Crippen molar-refractivity contribution in [3.63, 3.8) is 0 Å². The van der Waals surface area contributed by atoms with E-state index < -0.39 is 17.7 Å². The molecule has 1 amide bonds. The van der Waals surface area contributed by atoms with Crippen LogP contribution in [0.25, 0.3) is 5.82 Å². The first kappa shape index (κ1) is 30.1. The second-order valence-electron chi connectivity index (χ2n) is 10.9. The average molecular weight is 572 g/mol. The highest BCUT2D eigenvalue weighted by atomic mass is 19.4. The highest BCUT2D eigenvalue weighted by Crippen LogP contribution is 2.39. The zero-order chi connectivity index (χ0) is 29.7. The van der Waals surface area contributed by atoms with Crippen LogP contribution in [0.5, 0.6) is 0 Å². The zero-order valence-corrected chi connectivity index (χ0v) is 23.5. The Balaban J connectivity index is 1.62. The first-order valence-corrected chi connectivity index (χ1v) is 13.9. The standard InChI is InChI=1S/C30H36F3N5O3/c1-19(2)27-24(18-38(36-27)25-14-11-22(17-34-25)30(31,32)33)28(20-7-5-4-6-8-20)35-23-12-9-21(10-13-23)29(41)37(3)16-15-26(39)40/h9-14,17-20,28,35H,4-8,15-16H2,1-3H3,(H,39,40). The second kappa shape index (κ2) is 12.7. The highest BCUT2D eigenvalue weighted by molar-refractivity contribution is 5.94. The van der Waals surface area contributed by atoms with Gasteiger partial charge in [0.25, 0.3) is 5.91 Å². The van der Waals surface area contributed by atoms with Gasteiger partial charge in [0, 0.05) is 42.8 Å². The molecule has 2 heterocycles. The van der Waals surface area contributed by atoms with Crippen LogP contribution in [0.15, 0.2) is 48.8 Å². The summed E-state index contributed by atoms with van der Waals surface area (Å²) < 4.78 is 40.8. The lowest BCUT2D eigenvalue weighted by atomic mass is 9.80. The van der Waals surface area contributed by atoms with Crippen LogP contribution in [-0.4, -0.2) is 50.2 Å². The Labute approximate surface area is 237 Å². The monoisotopic (exact) mass is 571 g/mol. The molecule has 0 saturated heterocycles. The highest BCUT2D eigenvalue weighted by Gasteiger charge is 2.32. The van der Waals surface area contributed by atoms with Crippen LogP contribution in [0.3, 0.4) is 0 Å². The minimum absolute atomic E-state index is 0.0647. The molecule has 1 unspecified atom stereocenters. The van der Waals surface area contributed by atoms with Gasteiger partial charge in [-0.05, 0) is 61.1 Å². The van der Waals surface area contributed by atoms with Crippen molar-refractivity contribution in [2.75, 3.05) is 18.9 Å². The molecule has 8 nitrogen and oxygen atoms in total. The van der Waals surface area contributed by atoms with Crippen molar-refractivity contribution in [1.29, 1.82) is 0 Å². The fourth-order valence-corrected chi connectivity index (χ4v) is 5.29. The number of aromatic nitrogens is 3. The fraction of sp³-hybridized carbons (Fsp3) is 0.467. The van der Waals surface area contributed by atoms with E-state index in [1.807, 2.05) is 32.2 Å². The maximum absolute atomic E-state index is 13.1. The largest absolute Gasteiger partial charge is 0.481 e. The number of nitrogens with zero attached hydrogens (tertiary/aromatic N) is 4. The number of rotatable bonds is 10. The number of carboxylic acid groups (broad SMARTS) is 1. The maximum Gasteiger partial charge on any atom is 0.417 e. The minimum atomic E-state index is -4.46. The molecule has 1 aliphatic carbocycles. The molecule has 220 valence electrons. The Kier molecular flexibility index (Phi) is 9.35. The molecule has 1 aromatic carbocycles. The van der Waals surface area contributed by atoms with Crippen LogP contribution in [0.1, 0.15) is 91.5 Å². The number of carboxylic acids is 1. The summed E-state index contributed by atoms with van der Waals surface area (Å²) in [6.45, 7) is 4.19. The van der Waals surface area contributed by atoms with Gasteiger partial charge >= 0.3 is 12.1 Å². The van der Waals surface area contributed by atoms with Crippen LogP contribution in [0.4, 0.5) is 18.9 Å². The summed E-state index contributed by atoms with van der Waals surface area (Å²) >= 11 is 0. The van der Waals surface area contributed by atoms with Crippen molar-refractivity contribution in [2.24, 2.45) is 5.92 Å². The van der Waals surface area contributed by atoms with Gasteiger partial charge in [-0.1, -0.05) is 33.1 Å². The third-order valence-electron chi connectivity index (χ3n) is 7.55. The fourth-order valence-electron chi connectivity index (χ4n) is 5.29. The van der Waals surface area contributed by atoms with Crippen LogP contribution >= 0.6 is 0 Å². The summed E-state index contributed by atoms with van der Waals surface area (Å²) in [6, 6.07) is 9.36. The number of hydrogen-bond donors (Lipinski definition) is 2. The van der Waals surface area contributed by atoms with E-state index in [0.717, 1.165) is 54.9 Å². The number of hydrogen-bond acceptors (Lipinski definition) is 5. The molecule has 1 atom stereocenters. The van der Waals surface area contributed by atoms with E-state index in [1.165, 1.54) is 17.4 Å². The molecule has 3 aromatic rings. The van der Waals surface area contributed by atoms with Gasteiger partial charge in [0.05, 0.1) is 23.7 Å². The number of carbonyl (C=O) groups is 2. The maximum atomic E-state index is 13.1. The normalized spacial score (nSPS) is 15.1. The summed E-state index contributed by atoms with van der Waals surface area (Å²) in [5.41, 5.74) is 2.29.